The van der Waals surface area contributed by atoms with E-state index in [1.165, 1.54) is 12.3 Å². The molecule has 8 nitrogen and oxygen atoms in total. The van der Waals surface area contributed by atoms with Crippen LogP contribution in [0.25, 0.3) is 22.5 Å². The first-order chi connectivity index (χ1) is 15.6. The van der Waals surface area contributed by atoms with Gasteiger partial charge < -0.3 is 5.32 Å². The lowest BCUT2D eigenvalue weighted by Gasteiger charge is -2.11. The molecule has 0 spiro atoms. The third kappa shape index (κ3) is 3.54. The number of hydrogen-bond donors (Lipinski definition) is 1. The molecule has 156 valence electrons. The van der Waals surface area contributed by atoms with E-state index < -0.39 is 11.3 Å². The molecule has 3 heterocycles. The fourth-order valence-corrected chi connectivity index (χ4v) is 3.47. The minimum Gasteiger partial charge on any atom is -0.319 e. The molecule has 0 saturated carbocycles. The average molecular weight is 422 g/mol. The number of nitrogens with one attached hydrogen (secondary N) is 1. The molecule has 2 aromatic carbocycles. The summed E-state index contributed by atoms with van der Waals surface area (Å²) in [5, 5.41) is 6.99. The third-order valence-corrected chi connectivity index (χ3v) is 5.03. The summed E-state index contributed by atoms with van der Waals surface area (Å²) in [5.41, 5.74) is 3.02. The number of hydrogen-bond acceptors (Lipinski definition) is 5. The van der Waals surface area contributed by atoms with Crippen LogP contribution < -0.4 is 10.7 Å². The van der Waals surface area contributed by atoms with Gasteiger partial charge in [0.1, 0.15) is 12.1 Å². The van der Waals surface area contributed by atoms with Gasteiger partial charge in [-0.3, -0.25) is 14.2 Å². The van der Waals surface area contributed by atoms with Crippen molar-refractivity contribution in [3.05, 3.63) is 107 Å². The first-order valence-corrected chi connectivity index (χ1v) is 9.96. The minimum atomic E-state index is -0.595. The van der Waals surface area contributed by atoms with Crippen molar-refractivity contribution in [2.45, 2.75) is 6.92 Å². The predicted molar refractivity (Wildman–Crippen MR) is 121 cm³/mol. The van der Waals surface area contributed by atoms with E-state index in [2.05, 4.69) is 20.4 Å². The van der Waals surface area contributed by atoms with Crippen LogP contribution in [0.2, 0.25) is 0 Å². The Hall–Kier alpha value is -4.59. The quantitative estimate of drug-likeness (QED) is 0.478. The average Bonchev–Trinajstić information content (AvgIpc) is 3.24. The standard InChI is InChI=1S/C24H18N6O2/c1-16-13-21(31)23(28-30(16)18-7-3-2-4-8-18)24(32)27-17-11-12-22(25-14-17)29-15-26-19-9-5-6-10-20(19)29/h2-15H,1H3,(H,27,32). The highest BCUT2D eigenvalue weighted by Crippen LogP contribution is 2.18. The highest BCUT2D eigenvalue weighted by atomic mass is 16.2. The Balaban J connectivity index is 1.41. The van der Waals surface area contributed by atoms with Crippen molar-refractivity contribution in [1.29, 1.82) is 0 Å². The molecule has 5 rings (SSSR count). The monoisotopic (exact) mass is 422 g/mol. The van der Waals surface area contributed by atoms with Gasteiger partial charge in [-0.2, -0.15) is 5.10 Å². The number of benzene rings is 2. The molecular weight excluding hydrogens is 404 g/mol. The molecule has 0 unspecified atom stereocenters. The van der Waals surface area contributed by atoms with Gasteiger partial charge >= 0.3 is 0 Å². The number of rotatable bonds is 4. The Morgan fingerprint density at radius 2 is 1.72 bits per heavy atom. The SMILES string of the molecule is Cc1cc(=O)c(C(=O)Nc2ccc(-n3cnc4ccccc43)nc2)nn1-c1ccccc1. The minimum absolute atomic E-state index is 0.191. The summed E-state index contributed by atoms with van der Waals surface area (Å²) in [7, 11) is 0. The molecule has 0 radical (unpaired) electrons. The highest BCUT2D eigenvalue weighted by Gasteiger charge is 2.16. The predicted octanol–water partition coefficient (Wildman–Crippen LogP) is 3.53. The molecule has 0 aliphatic carbocycles. The van der Waals surface area contributed by atoms with Crippen molar-refractivity contribution in [3.8, 4) is 11.5 Å². The number of imidazole rings is 1. The molecule has 8 heteroatoms. The van der Waals surface area contributed by atoms with E-state index in [1.807, 2.05) is 59.2 Å². The Kier molecular flexibility index (Phi) is 4.79. The lowest BCUT2D eigenvalue weighted by molar-refractivity contribution is 0.101. The summed E-state index contributed by atoms with van der Waals surface area (Å²) in [6.45, 7) is 1.77. The van der Waals surface area contributed by atoms with E-state index >= 15 is 0 Å². The van der Waals surface area contributed by atoms with E-state index in [1.54, 1.807) is 30.1 Å². The van der Waals surface area contributed by atoms with Crippen LogP contribution in [0.5, 0.6) is 0 Å². The lowest BCUT2D eigenvalue weighted by Crippen LogP contribution is -2.26. The summed E-state index contributed by atoms with van der Waals surface area (Å²) < 4.78 is 3.43. The largest absolute Gasteiger partial charge is 0.319 e. The van der Waals surface area contributed by atoms with Crippen LogP contribution in [0.1, 0.15) is 16.2 Å². The summed E-state index contributed by atoms with van der Waals surface area (Å²) >= 11 is 0. The summed E-state index contributed by atoms with van der Waals surface area (Å²) in [6, 6.07) is 22.0. The first kappa shape index (κ1) is 19.4. The zero-order valence-corrected chi connectivity index (χ0v) is 17.1. The number of pyridine rings is 1. The summed E-state index contributed by atoms with van der Waals surface area (Å²) in [6.07, 6.45) is 3.24. The maximum absolute atomic E-state index is 12.8. The van der Waals surface area contributed by atoms with Crippen LogP contribution >= 0.6 is 0 Å². The van der Waals surface area contributed by atoms with Crippen molar-refractivity contribution >= 4 is 22.6 Å². The zero-order valence-electron chi connectivity index (χ0n) is 17.1. The number of carbonyl (C=O) groups excluding carboxylic acids is 1. The van der Waals surface area contributed by atoms with Gasteiger partial charge in [0, 0.05) is 11.8 Å². The van der Waals surface area contributed by atoms with E-state index in [-0.39, 0.29) is 5.69 Å². The Morgan fingerprint density at radius 1 is 0.938 bits per heavy atom. The number of fused-ring (bicyclic) bond motifs is 1. The van der Waals surface area contributed by atoms with Crippen LogP contribution in [0.15, 0.2) is 90.1 Å². The molecular formula is C24H18N6O2. The van der Waals surface area contributed by atoms with Crippen LogP contribution in [0.3, 0.4) is 0 Å². The Morgan fingerprint density at radius 3 is 2.50 bits per heavy atom. The fraction of sp³-hybridized carbons (Fsp3) is 0.0417. The van der Waals surface area contributed by atoms with Crippen LogP contribution in [-0.2, 0) is 0 Å². The van der Waals surface area contributed by atoms with Gasteiger partial charge in [0.2, 0.25) is 5.43 Å². The second-order valence-corrected chi connectivity index (χ2v) is 7.21. The molecule has 1 N–H and O–H groups in total. The van der Waals surface area contributed by atoms with Crippen LogP contribution in [-0.4, -0.2) is 30.2 Å². The first-order valence-electron chi connectivity index (χ1n) is 9.96. The molecule has 1 amide bonds. The number of nitrogens with zero attached hydrogens (tertiary/aromatic N) is 5. The molecule has 0 atom stereocenters. The van der Waals surface area contributed by atoms with Crippen molar-refractivity contribution in [2.75, 3.05) is 5.32 Å². The number of aryl methyl sites for hydroxylation is 1. The van der Waals surface area contributed by atoms with Gasteiger partial charge in [0.25, 0.3) is 5.91 Å². The molecule has 0 aliphatic rings. The van der Waals surface area contributed by atoms with Gasteiger partial charge in [-0.05, 0) is 43.3 Å². The van der Waals surface area contributed by atoms with Crippen molar-refractivity contribution in [3.63, 3.8) is 0 Å². The molecule has 32 heavy (non-hydrogen) atoms. The molecule has 0 bridgehead atoms. The van der Waals surface area contributed by atoms with Crippen LogP contribution in [0.4, 0.5) is 5.69 Å². The number of carbonyl (C=O) groups is 1. The van der Waals surface area contributed by atoms with Gasteiger partial charge in [0.05, 0.1) is 28.6 Å². The topological polar surface area (TPSA) is 94.7 Å². The van der Waals surface area contributed by atoms with Gasteiger partial charge in [-0.15, -0.1) is 0 Å². The van der Waals surface area contributed by atoms with Gasteiger partial charge in [-0.1, -0.05) is 30.3 Å². The number of amides is 1. The van der Waals surface area contributed by atoms with Crippen molar-refractivity contribution < 1.29 is 4.79 Å². The zero-order chi connectivity index (χ0) is 22.1. The molecule has 0 saturated heterocycles. The number of para-hydroxylation sites is 3. The Bertz CT molecular complexity index is 1490. The fourth-order valence-electron chi connectivity index (χ4n) is 3.47. The van der Waals surface area contributed by atoms with Gasteiger partial charge in [0.15, 0.2) is 5.69 Å². The summed E-state index contributed by atoms with van der Waals surface area (Å²) in [4.78, 5) is 34.0. The van der Waals surface area contributed by atoms with E-state index in [0.717, 1.165) is 16.7 Å². The van der Waals surface area contributed by atoms with Crippen LogP contribution in [0, 0.1) is 6.92 Å². The summed E-state index contributed by atoms with van der Waals surface area (Å²) in [5.74, 6) is 0.0684. The molecule has 3 aromatic heterocycles. The van der Waals surface area contributed by atoms with Crippen molar-refractivity contribution in [1.82, 2.24) is 24.3 Å². The van der Waals surface area contributed by atoms with E-state index in [4.69, 9.17) is 0 Å². The smallest absolute Gasteiger partial charge is 0.280 e. The van der Waals surface area contributed by atoms with E-state index in [9.17, 15) is 9.59 Å². The van der Waals surface area contributed by atoms with E-state index in [0.29, 0.717) is 17.2 Å². The normalized spacial score (nSPS) is 10.9. The maximum Gasteiger partial charge on any atom is 0.280 e. The lowest BCUT2D eigenvalue weighted by atomic mass is 10.2. The number of anilines is 1. The second kappa shape index (κ2) is 7.92. The second-order valence-electron chi connectivity index (χ2n) is 7.21. The van der Waals surface area contributed by atoms with Gasteiger partial charge in [-0.25, -0.2) is 14.6 Å². The third-order valence-electron chi connectivity index (χ3n) is 5.03. The highest BCUT2D eigenvalue weighted by molar-refractivity contribution is 6.02. The molecule has 0 fully saturated rings. The molecule has 5 aromatic rings. The Labute approximate surface area is 182 Å². The number of aromatic nitrogens is 5. The maximum atomic E-state index is 12.8. The molecule has 0 aliphatic heterocycles. The van der Waals surface area contributed by atoms with Crippen molar-refractivity contribution in [2.24, 2.45) is 0 Å².